The summed E-state index contributed by atoms with van der Waals surface area (Å²) in [6.07, 6.45) is 1.75. The van der Waals surface area contributed by atoms with Gasteiger partial charge in [0, 0.05) is 13.1 Å². The summed E-state index contributed by atoms with van der Waals surface area (Å²) in [6, 6.07) is 3.96. The van der Waals surface area contributed by atoms with E-state index in [1.54, 1.807) is 6.92 Å². The molecule has 0 aliphatic rings. The molecule has 0 aliphatic carbocycles. The maximum Gasteiger partial charge on any atom is 0.243 e. The minimum Gasteiger partial charge on any atom is -0.506 e. The number of hydrogen-bond acceptors (Lipinski definition) is 4. The first-order valence-corrected chi connectivity index (χ1v) is 7.46. The van der Waals surface area contributed by atoms with Gasteiger partial charge in [-0.05, 0) is 24.6 Å². The topological polar surface area (TPSA) is 83.6 Å². The van der Waals surface area contributed by atoms with E-state index in [-0.39, 0.29) is 16.3 Å². The van der Waals surface area contributed by atoms with E-state index in [0.717, 1.165) is 12.8 Å². The van der Waals surface area contributed by atoms with Crippen molar-refractivity contribution >= 4 is 15.7 Å². The molecule has 0 amide bonds. The second kappa shape index (κ2) is 6.06. The third-order valence-corrected chi connectivity index (χ3v) is 4.72. The van der Waals surface area contributed by atoms with Crippen LogP contribution < -0.4 is 5.73 Å². The molecule has 18 heavy (non-hydrogen) atoms. The number of phenols is 1. The van der Waals surface area contributed by atoms with Crippen LogP contribution in [0.15, 0.2) is 23.1 Å². The number of unbranched alkanes of at least 4 members (excludes halogenated alkanes) is 1. The van der Waals surface area contributed by atoms with E-state index >= 15 is 0 Å². The molecule has 5 nitrogen and oxygen atoms in total. The number of nitrogen functional groups attached to an aromatic ring is 1. The second-order valence-electron chi connectivity index (χ2n) is 4.07. The van der Waals surface area contributed by atoms with Crippen molar-refractivity contribution in [1.29, 1.82) is 0 Å². The molecule has 0 saturated heterocycles. The molecule has 0 radical (unpaired) electrons. The Kier molecular flexibility index (Phi) is 4.98. The van der Waals surface area contributed by atoms with Gasteiger partial charge in [-0.3, -0.25) is 0 Å². The molecule has 0 heterocycles. The average Bonchev–Trinajstić information content (AvgIpc) is 2.33. The normalized spacial score (nSPS) is 11.9. The number of nitrogens with zero attached hydrogens (tertiary/aromatic N) is 1. The number of rotatable bonds is 6. The van der Waals surface area contributed by atoms with Gasteiger partial charge in [0.05, 0.1) is 10.6 Å². The van der Waals surface area contributed by atoms with E-state index in [0.29, 0.717) is 13.1 Å². The molecular formula is C12H20N2O3S. The van der Waals surface area contributed by atoms with Gasteiger partial charge < -0.3 is 10.8 Å². The summed E-state index contributed by atoms with van der Waals surface area (Å²) in [5.74, 6) is -0.106. The molecule has 1 aromatic rings. The lowest BCUT2D eigenvalue weighted by atomic mass is 10.3. The number of phenolic OH excluding ortho intramolecular Hbond substituents is 1. The first-order chi connectivity index (χ1) is 8.43. The summed E-state index contributed by atoms with van der Waals surface area (Å²) in [5, 5.41) is 9.31. The summed E-state index contributed by atoms with van der Waals surface area (Å²) in [7, 11) is -3.52. The van der Waals surface area contributed by atoms with Crippen molar-refractivity contribution in [2.45, 2.75) is 31.6 Å². The predicted octanol–water partition coefficient (Wildman–Crippen LogP) is 1.79. The van der Waals surface area contributed by atoms with Crippen molar-refractivity contribution in [1.82, 2.24) is 4.31 Å². The lowest BCUT2D eigenvalue weighted by Crippen LogP contribution is -2.31. The van der Waals surface area contributed by atoms with Gasteiger partial charge >= 0.3 is 0 Å². The SMILES string of the molecule is CCCCN(CC)S(=O)(=O)c1ccc(O)c(N)c1. The number of nitrogens with two attached hydrogens (primary N) is 1. The van der Waals surface area contributed by atoms with Crippen LogP contribution in [0, 0.1) is 0 Å². The van der Waals surface area contributed by atoms with Crippen LogP contribution in [0.2, 0.25) is 0 Å². The predicted molar refractivity (Wildman–Crippen MR) is 71.9 cm³/mol. The molecule has 0 bridgehead atoms. The van der Waals surface area contributed by atoms with Gasteiger partial charge in [-0.1, -0.05) is 20.3 Å². The molecule has 0 aromatic heterocycles. The van der Waals surface area contributed by atoms with E-state index in [1.165, 1.54) is 22.5 Å². The van der Waals surface area contributed by atoms with Gasteiger partial charge in [-0.25, -0.2) is 8.42 Å². The minimum absolute atomic E-state index is 0.0719. The summed E-state index contributed by atoms with van der Waals surface area (Å²) in [5.41, 5.74) is 5.60. The van der Waals surface area contributed by atoms with E-state index in [2.05, 4.69) is 0 Å². The summed E-state index contributed by atoms with van der Waals surface area (Å²) in [6.45, 7) is 4.73. The maximum absolute atomic E-state index is 12.3. The summed E-state index contributed by atoms with van der Waals surface area (Å²) >= 11 is 0. The molecule has 0 atom stereocenters. The van der Waals surface area contributed by atoms with Crippen molar-refractivity contribution in [3.63, 3.8) is 0 Å². The Morgan fingerprint density at radius 2 is 2.00 bits per heavy atom. The smallest absolute Gasteiger partial charge is 0.243 e. The van der Waals surface area contributed by atoms with Gasteiger partial charge in [-0.15, -0.1) is 0 Å². The number of benzene rings is 1. The monoisotopic (exact) mass is 272 g/mol. The van der Waals surface area contributed by atoms with E-state index in [1.807, 2.05) is 6.92 Å². The largest absolute Gasteiger partial charge is 0.506 e. The van der Waals surface area contributed by atoms with E-state index in [9.17, 15) is 13.5 Å². The van der Waals surface area contributed by atoms with E-state index in [4.69, 9.17) is 5.73 Å². The highest BCUT2D eigenvalue weighted by Crippen LogP contribution is 2.25. The van der Waals surface area contributed by atoms with Crippen LogP contribution in [-0.2, 0) is 10.0 Å². The second-order valence-corrected chi connectivity index (χ2v) is 6.01. The van der Waals surface area contributed by atoms with Crippen LogP contribution in [0.1, 0.15) is 26.7 Å². The van der Waals surface area contributed by atoms with Crippen LogP contribution in [-0.4, -0.2) is 30.9 Å². The fourth-order valence-electron chi connectivity index (χ4n) is 1.62. The van der Waals surface area contributed by atoms with Gasteiger partial charge in [0.2, 0.25) is 10.0 Å². The maximum atomic E-state index is 12.3. The molecule has 1 rings (SSSR count). The first-order valence-electron chi connectivity index (χ1n) is 6.02. The standard InChI is InChI=1S/C12H20N2O3S/c1-3-5-8-14(4-2)18(16,17)10-6-7-12(15)11(13)9-10/h6-7,9,15H,3-5,8,13H2,1-2H3. The van der Waals surface area contributed by atoms with Crippen LogP contribution >= 0.6 is 0 Å². The molecule has 0 unspecified atom stereocenters. The van der Waals surface area contributed by atoms with Crippen LogP contribution in [0.25, 0.3) is 0 Å². The summed E-state index contributed by atoms with van der Waals surface area (Å²) < 4.78 is 26.1. The fraction of sp³-hybridized carbons (Fsp3) is 0.500. The number of sulfonamides is 1. The van der Waals surface area contributed by atoms with Crippen molar-refractivity contribution < 1.29 is 13.5 Å². The van der Waals surface area contributed by atoms with Gasteiger partial charge in [0.25, 0.3) is 0 Å². The van der Waals surface area contributed by atoms with Crippen molar-refractivity contribution in [2.24, 2.45) is 0 Å². The molecular weight excluding hydrogens is 252 g/mol. The Bertz CT molecular complexity index is 500. The Morgan fingerprint density at radius 3 is 2.50 bits per heavy atom. The molecule has 0 saturated carbocycles. The molecule has 102 valence electrons. The molecule has 1 aromatic carbocycles. The third kappa shape index (κ3) is 3.14. The number of anilines is 1. The molecule has 6 heteroatoms. The van der Waals surface area contributed by atoms with Crippen LogP contribution in [0.5, 0.6) is 5.75 Å². The Labute approximate surface area is 108 Å². The van der Waals surface area contributed by atoms with Gasteiger partial charge in [0.15, 0.2) is 0 Å². The highest BCUT2D eigenvalue weighted by molar-refractivity contribution is 7.89. The van der Waals surface area contributed by atoms with E-state index < -0.39 is 10.0 Å². The minimum atomic E-state index is -3.52. The number of hydrogen-bond donors (Lipinski definition) is 2. The zero-order chi connectivity index (χ0) is 13.8. The third-order valence-electron chi connectivity index (χ3n) is 2.75. The highest BCUT2D eigenvalue weighted by Gasteiger charge is 2.23. The van der Waals surface area contributed by atoms with Crippen LogP contribution in [0.3, 0.4) is 0 Å². The van der Waals surface area contributed by atoms with Crippen molar-refractivity contribution in [3.8, 4) is 5.75 Å². The lowest BCUT2D eigenvalue weighted by molar-refractivity contribution is 0.418. The Morgan fingerprint density at radius 1 is 1.33 bits per heavy atom. The first kappa shape index (κ1) is 14.8. The Balaban J connectivity index is 3.06. The van der Waals surface area contributed by atoms with Crippen LogP contribution in [0.4, 0.5) is 5.69 Å². The fourth-order valence-corrected chi connectivity index (χ4v) is 3.15. The van der Waals surface area contributed by atoms with Gasteiger partial charge in [0.1, 0.15) is 5.75 Å². The van der Waals surface area contributed by atoms with Crippen molar-refractivity contribution in [2.75, 3.05) is 18.8 Å². The van der Waals surface area contributed by atoms with Crippen molar-refractivity contribution in [3.05, 3.63) is 18.2 Å². The summed E-state index contributed by atoms with van der Waals surface area (Å²) in [4.78, 5) is 0.121. The molecule has 0 spiro atoms. The lowest BCUT2D eigenvalue weighted by Gasteiger charge is -2.20. The quantitative estimate of drug-likeness (QED) is 0.611. The molecule has 3 N–H and O–H groups in total. The molecule has 0 fully saturated rings. The zero-order valence-electron chi connectivity index (χ0n) is 10.8. The van der Waals surface area contributed by atoms with Gasteiger partial charge in [-0.2, -0.15) is 4.31 Å². The highest BCUT2D eigenvalue weighted by atomic mass is 32.2. The number of aromatic hydroxyl groups is 1. The zero-order valence-corrected chi connectivity index (χ0v) is 11.6. The molecule has 0 aliphatic heterocycles. The average molecular weight is 272 g/mol. The Hall–Kier alpha value is -1.27.